The third-order valence-corrected chi connectivity index (χ3v) is 3.73. The molecule has 0 bridgehead atoms. The zero-order valence-electron chi connectivity index (χ0n) is 11.5. The van der Waals surface area contributed by atoms with E-state index in [9.17, 15) is 0 Å². The second-order valence-electron chi connectivity index (χ2n) is 4.18. The van der Waals surface area contributed by atoms with Crippen LogP contribution in [0.2, 0.25) is 0 Å². The van der Waals surface area contributed by atoms with Gasteiger partial charge in [0.2, 0.25) is 0 Å². The Labute approximate surface area is 122 Å². The van der Waals surface area contributed by atoms with E-state index in [0.717, 1.165) is 27.6 Å². The highest BCUT2D eigenvalue weighted by Crippen LogP contribution is 2.34. The Morgan fingerprint density at radius 1 is 1.35 bits per heavy atom. The molecule has 0 atom stereocenters. The van der Waals surface area contributed by atoms with Crippen LogP contribution in [0.4, 0.5) is 0 Å². The Balaban J connectivity index is 2.26. The summed E-state index contributed by atoms with van der Waals surface area (Å²) >= 11 is 1.52. The average molecular weight is 288 g/mol. The van der Waals surface area contributed by atoms with Crippen molar-refractivity contribution in [1.29, 1.82) is 5.26 Å². The molecule has 104 valence electrons. The molecule has 1 heterocycles. The molecular weight excluding hydrogens is 272 g/mol. The number of hydrogen-bond donors (Lipinski definition) is 0. The second kappa shape index (κ2) is 6.92. The minimum absolute atomic E-state index is 0.395. The van der Waals surface area contributed by atoms with Gasteiger partial charge in [0, 0.05) is 16.6 Å². The first kappa shape index (κ1) is 14.4. The van der Waals surface area contributed by atoms with Gasteiger partial charge in [-0.15, -0.1) is 11.3 Å². The highest BCUT2D eigenvalue weighted by molar-refractivity contribution is 7.15. The van der Waals surface area contributed by atoms with Crippen molar-refractivity contribution < 1.29 is 9.47 Å². The first-order chi connectivity index (χ1) is 9.78. The third-order valence-electron chi connectivity index (χ3n) is 2.68. The summed E-state index contributed by atoms with van der Waals surface area (Å²) in [5.74, 6) is 1.44. The van der Waals surface area contributed by atoms with Crippen molar-refractivity contribution in [2.24, 2.45) is 0 Å². The molecule has 2 aromatic rings. The van der Waals surface area contributed by atoms with Crippen LogP contribution in [0.3, 0.4) is 0 Å². The molecule has 5 heteroatoms. The van der Waals surface area contributed by atoms with Crippen LogP contribution in [-0.2, 0) is 6.42 Å². The van der Waals surface area contributed by atoms with Gasteiger partial charge in [0.1, 0.15) is 5.01 Å². The van der Waals surface area contributed by atoms with Crippen molar-refractivity contribution in [3.8, 4) is 28.1 Å². The predicted octanol–water partition coefficient (Wildman–Crippen LogP) is 3.67. The topological polar surface area (TPSA) is 55.1 Å². The molecule has 0 saturated carbocycles. The summed E-state index contributed by atoms with van der Waals surface area (Å²) < 4.78 is 11.0. The molecular formula is C15H16N2O2S. The van der Waals surface area contributed by atoms with Gasteiger partial charge < -0.3 is 9.47 Å². The van der Waals surface area contributed by atoms with E-state index >= 15 is 0 Å². The summed E-state index contributed by atoms with van der Waals surface area (Å²) in [7, 11) is 1.63. The van der Waals surface area contributed by atoms with Crippen molar-refractivity contribution in [2.75, 3.05) is 13.7 Å². The third kappa shape index (κ3) is 3.28. The monoisotopic (exact) mass is 288 g/mol. The SMILES string of the molecule is CCCOc1ccc(-c2ncc(CC#N)s2)cc1OC. The summed E-state index contributed by atoms with van der Waals surface area (Å²) in [6, 6.07) is 7.90. The van der Waals surface area contributed by atoms with Crippen LogP contribution in [0.1, 0.15) is 18.2 Å². The minimum atomic E-state index is 0.395. The van der Waals surface area contributed by atoms with Gasteiger partial charge in [0.25, 0.3) is 0 Å². The first-order valence-electron chi connectivity index (χ1n) is 6.41. The van der Waals surface area contributed by atoms with Crippen molar-refractivity contribution in [2.45, 2.75) is 19.8 Å². The Morgan fingerprint density at radius 2 is 2.20 bits per heavy atom. The maximum absolute atomic E-state index is 8.69. The van der Waals surface area contributed by atoms with E-state index in [2.05, 4.69) is 18.0 Å². The number of nitriles is 1. The van der Waals surface area contributed by atoms with Crippen molar-refractivity contribution >= 4 is 11.3 Å². The molecule has 0 aliphatic heterocycles. The Kier molecular flexibility index (Phi) is 4.97. The lowest BCUT2D eigenvalue weighted by Crippen LogP contribution is -1.97. The number of thiazole rings is 1. The van der Waals surface area contributed by atoms with Gasteiger partial charge in [-0.3, -0.25) is 0 Å². The summed E-state index contributed by atoms with van der Waals surface area (Å²) in [6.45, 7) is 2.73. The van der Waals surface area contributed by atoms with E-state index in [0.29, 0.717) is 18.8 Å². The van der Waals surface area contributed by atoms with Gasteiger partial charge in [-0.25, -0.2) is 4.98 Å². The summed E-state index contributed by atoms with van der Waals surface area (Å²) in [6.07, 6.45) is 3.10. The lowest BCUT2D eigenvalue weighted by molar-refractivity contribution is 0.294. The molecule has 0 aliphatic carbocycles. The molecule has 0 radical (unpaired) electrons. The molecule has 0 aliphatic rings. The van der Waals surface area contributed by atoms with Crippen LogP contribution in [0.25, 0.3) is 10.6 Å². The maximum Gasteiger partial charge on any atom is 0.161 e. The molecule has 20 heavy (non-hydrogen) atoms. The van der Waals surface area contributed by atoms with Gasteiger partial charge in [0.15, 0.2) is 11.5 Å². The number of nitrogens with zero attached hydrogens (tertiary/aromatic N) is 2. The summed E-state index contributed by atoms with van der Waals surface area (Å²) in [5.41, 5.74) is 0.972. The highest BCUT2D eigenvalue weighted by atomic mass is 32.1. The molecule has 0 spiro atoms. The van der Waals surface area contributed by atoms with Crippen LogP contribution in [0.5, 0.6) is 11.5 Å². The fourth-order valence-electron chi connectivity index (χ4n) is 1.73. The minimum Gasteiger partial charge on any atom is -0.493 e. The number of hydrogen-bond acceptors (Lipinski definition) is 5. The molecule has 0 N–H and O–H groups in total. The fourth-order valence-corrected chi connectivity index (χ4v) is 2.57. The Bertz CT molecular complexity index is 617. The number of methoxy groups -OCH3 is 1. The van der Waals surface area contributed by atoms with Gasteiger partial charge in [-0.2, -0.15) is 5.26 Å². The van der Waals surface area contributed by atoms with Crippen molar-refractivity contribution in [3.63, 3.8) is 0 Å². The molecule has 0 fully saturated rings. The number of ether oxygens (including phenoxy) is 2. The van der Waals surface area contributed by atoms with Gasteiger partial charge in [0.05, 0.1) is 26.2 Å². The van der Waals surface area contributed by atoms with Gasteiger partial charge in [-0.1, -0.05) is 6.92 Å². The molecule has 1 aromatic heterocycles. The normalized spacial score (nSPS) is 10.1. The lowest BCUT2D eigenvalue weighted by Gasteiger charge is -2.10. The van der Waals surface area contributed by atoms with Crippen molar-refractivity contribution in [3.05, 3.63) is 29.3 Å². The van der Waals surface area contributed by atoms with E-state index < -0.39 is 0 Å². The van der Waals surface area contributed by atoms with Crippen LogP contribution in [0.15, 0.2) is 24.4 Å². The van der Waals surface area contributed by atoms with E-state index in [1.54, 1.807) is 13.3 Å². The molecule has 0 amide bonds. The second-order valence-corrected chi connectivity index (χ2v) is 5.30. The van der Waals surface area contributed by atoms with E-state index in [1.807, 2.05) is 18.2 Å². The smallest absolute Gasteiger partial charge is 0.161 e. The highest BCUT2D eigenvalue weighted by Gasteiger charge is 2.10. The maximum atomic E-state index is 8.69. The Morgan fingerprint density at radius 3 is 2.90 bits per heavy atom. The predicted molar refractivity (Wildman–Crippen MR) is 79.2 cm³/mol. The zero-order chi connectivity index (χ0) is 14.4. The molecule has 2 rings (SSSR count). The van der Waals surface area contributed by atoms with E-state index in [-0.39, 0.29) is 0 Å². The first-order valence-corrected chi connectivity index (χ1v) is 7.23. The number of rotatable bonds is 6. The quantitative estimate of drug-likeness (QED) is 0.813. The molecule has 4 nitrogen and oxygen atoms in total. The number of benzene rings is 1. The van der Waals surface area contributed by atoms with Gasteiger partial charge in [-0.05, 0) is 24.6 Å². The summed E-state index contributed by atoms with van der Waals surface area (Å²) in [5, 5.41) is 9.58. The number of aromatic nitrogens is 1. The van der Waals surface area contributed by atoms with Crippen LogP contribution >= 0.6 is 11.3 Å². The average Bonchev–Trinajstić information content (AvgIpc) is 2.94. The molecule has 0 unspecified atom stereocenters. The van der Waals surface area contributed by atoms with Crippen LogP contribution in [-0.4, -0.2) is 18.7 Å². The molecule has 0 saturated heterocycles. The van der Waals surface area contributed by atoms with Crippen molar-refractivity contribution in [1.82, 2.24) is 4.98 Å². The standard InChI is InChI=1S/C15H16N2O2S/c1-3-8-19-13-5-4-11(9-14(13)18-2)15-17-10-12(20-15)6-7-16/h4-5,9-10H,3,6,8H2,1-2H3. The largest absolute Gasteiger partial charge is 0.493 e. The Hall–Kier alpha value is -2.06. The van der Waals surface area contributed by atoms with Gasteiger partial charge >= 0.3 is 0 Å². The molecule has 1 aromatic carbocycles. The van der Waals surface area contributed by atoms with E-state index in [1.165, 1.54) is 11.3 Å². The zero-order valence-corrected chi connectivity index (χ0v) is 12.4. The van der Waals surface area contributed by atoms with Crippen LogP contribution in [0, 0.1) is 11.3 Å². The lowest BCUT2D eigenvalue weighted by atomic mass is 10.2. The van der Waals surface area contributed by atoms with E-state index in [4.69, 9.17) is 14.7 Å². The summed E-state index contributed by atoms with van der Waals surface area (Å²) in [4.78, 5) is 5.31. The van der Waals surface area contributed by atoms with Crippen LogP contribution < -0.4 is 9.47 Å². The fraction of sp³-hybridized carbons (Fsp3) is 0.333.